The van der Waals surface area contributed by atoms with Crippen molar-refractivity contribution < 1.29 is 9.47 Å². The third kappa shape index (κ3) is 5.97. The van der Waals surface area contributed by atoms with Crippen molar-refractivity contribution in [1.82, 2.24) is 4.90 Å². The Kier molecular flexibility index (Phi) is 10.0. The summed E-state index contributed by atoms with van der Waals surface area (Å²) in [6, 6.07) is 8.16. The zero-order valence-electron chi connectivity index (χ0n) is 10.9. The number of hydrogen-bond donors (Lipinski definition) is 1. The molecule has 0 aliphatic carbocycles. The minimum atomic E-state index is 0. The third-order valence-electron chi connectivity index (χ3n) is 2.85. The van der Waals surface area contributed by atoms with E-state index in [9.17, 15) is 0 Å². The number of para-hydroxylation sites is 1. The van der Waals surface area contributed by atoms with Gasteiger partial charge in [0, 0.05) is 31.7 Å². The molecule has 4 nitrogen and oxygen atoms in total. The molecule has 110 valence electrons. The van der Waals surface area contributed by atoms with Crippen LogP contribution in [0.25, 0.3) is 0 Å². The molecule has 6 heteroatoms. The normalized spacial score (nSPS) is 15.2. The Morgan fingerprint density at radius 2 is 1.84 bits per heavy atom. The van der Waals surface area contributed by atoms with Crippen LogP contribution in [0.1, 0.15) is 5.56 Å². The molecule has 0 bridgehead atoms. The van der Waals surface area contributed by atoms with Crippen molar-refractivity contribution >= 4 is 24.8 Å². The quantitative estimate of drug-likeness (QED) is 0.899. The lowest BCUT2D eigenvalue weighted by Gasteiger charge is -2.27. The van der Waals surface area contributed by atoms with Gasteiger partial charge in [-0.1, -0.05) is 18.2 Å². The van der Waals surface area contributed by atoms with E-state index in [0.29, 0.717) is 13.2 Å². The average Bonchev–Trinajstić information content (AvgIpc) is 2.39. The molecule has 0 amide bonds. The van der Waals surface area contributed by atoms with Crippen molar-refractivity contribution in [2.24, 2.45) is 5.73 Å². The molecule has 1 aliphatic rings. The summed E-state index contributed by atoms with van der Waals surface area (Å²) >= 11 is 0. The van der Waals surface area contributed by atoms with Gasteiger partial charge < -0.3 is 15.2 Å². The van der Waals surface area contributed by atoms with Crippen molar-refractivity contribution in [2.45, 2.75) is 6.54 Å². The van der Waals surface area contributed by atoms with Gasteiger partial charge >= 0.3 is 0 Å². The van der Waals surface area contributed by atoms with Gasteiger partial charge in [0.1, 0.15) is 12.4 Å². The summed E-state index contributed by atoms with van der Waals surface area (Å²) in [5.74, 6) is 0.949. The molecule has 0 saturated carbocycles. The van der Waals surface area contributed by atoms with E-state index in [4.69, 9.17) is 15.2 Å². The second-order valence-electron chi connectivity index (χ2n) is 4.13. The highest BCUT2D eigenvalue weighted by Crippen LogP contribution is 2.20. The molecule has 1 heterocycles. The maximum atomic E-state index is 5.64. The summed E-state index contributed by atoms with van der Waals surface area (Å²) in [4.78, 5) is 2.38. The van der Waals surface area contributed by atoms with Crippen LogP contribution < -0.4 is 10.5 Å². The Morgan fingerprint density at radius 3 is 2.53 bits per heavy atom. The van der Waals surface area contributed by atoms with Crippen molar-refractivity contribution in [1.29, 1.82) is 0 Å². The highest BCUT2D eigenvalue weighted by Gasteiger charge is 2.12. The molecule has 1 aliphatic heterocycles. The number of rotatable bonds is 5. The first-order chi connectivity index (χ1) is 8.40. The lowest BCUT2D eigenvalue weighted by atomic mass is 10.2. The van der Waals surface area contributed by atoms with E-state index in [1.165, 1.54) is 5.56 Å². The van der Waals surface area contributed by atoms with E-state index in [0.717, 1.165) is 38.6 Å². The molecular weight excluding hydrogens is 287 g/mol. The fourth-order valence-electron chi connectivity index (χ4n) is 1.94. The number of nitrogens with zero attached hydrogens (tertiary/aromatic N) is 1. The minimum Gasteiger partial charge on any atom is -0.492 e. The van der Waals surface area contributed by atoms with Gasteiger partial charge in [-0.05, 0) is 6.07 Å². The molecule has 1 aromatic rings. The van der Waals surface area contributed by atoms with Crippen LogP contribution >= 0.6 is 24.8 Å². The molecule has 1 saturated heterocycles. The number of nitrogens with two attached hydrogens (primary N) is 1. The first-order valence-electron chi connectivity index (χ1n) is 6.11. The Labute approximate surface area is 127 Å². The Hall–Kier alpha value is -0.520. The highest BCUT2D eigenvalue weighted by molar-refractivity contribution is 5.85. The monoisotopic (exact) mass is 308 g/mol. The number of halogens is 2. The van der Waals surface area contributed by atoms with Crippen LogP contribution in [0.4, 0.5) is 0 Å². The van der Waals surface area contributed by atoms with Crippen molar-refractivity contribution in [3.8, 4) is 5.75 Å². The van der Waals surface area contributed by atoms with Crippen LogP contribution in [-0.4, -0.2) is 44.4 Å². The molecule has 0 unspecified atom stereocenters. The largest absolute Gasteiger partial charge is 0.492 e. The number of morpholine rings is 1. The Bertz CT molecular complexity index is 347. The Balaban J connectivity index is 0.00000162. The smallest absolute Gasteiger partial charge is 0.123 e. The van der Waals surface area contributed by atoms with E-state index in [1.807, 2.05) is 18.2 Å². The van der Waals surface area contributed by atoms with E-state index < -0.39 is 0 Å². The summed E-state index contributed by atoms with van der Waals surface area (Å²) < 4.78 is 11.0. The van der Waals surface area contributed by atoms with Crippen LogP contribution in [0.2, 0.25) is 0 Å². The molecule has 0 atom stereocenters. The zero-order valence-corrected chi connectivity index (χ0v) is 12.5. The summed E-state index contributed by atoms with van der Waals surface area (Å²) in [6.07, 6.45) is 0. The molecule has 0 aromatic heterocycles. The predicted molar refractivity (Wildman–Crippen MR) is 81.6 cm³/mol. The topological polar surface area (TPSA) is 47.7 Å². The molecular formula is C13H22Cl2N2O2. The van der Waals surface area contributed by atoms with Gasteiger partial charge in [-0.3, -0.25) is 4.90 Å². The lowest BCUT2D eigenvalue weighted by molar-refractivity contribution is 0.0338. The number of ether oxygens (including phenoxy) is 2. The minimum absolute atomic E-state index is 0. The van der Waals surface area contributed by atoms with Gasteiger partial charge in [-0.25, -0.2) is 0 Å². The van der Waals surface area contributed by atoms with E-state index in [-0.39, 0.29) is 24.8 Å². The van der Waals surface area contributed by atoms with Gasteiger partial charge in [-0.15, -0.1) is 24.8 Å². The highest BCUT2D eigenvalue weighted by atomic mass is 35.5. The molecule has 1 aromatic carbocycles. The molecule has 2 rings (SSSR count). The Morgan fingerprint density at radius 1 is 1.16 bits per heavy atom. The van der Waals surface area contributed by atoms with E-state index >= 15 is 0 Å². The first-order valence-corrected chi connectivity index (χ1v) is 6.11. The summed E-state index contributed by atoms with van der Waals surface area (Å²) in [7, 11) is 0. The fraction of sp³-hybridized carbons (Fsp3) is 0.538. The van der Waals surface area contributed by atoms with Crippen molar-refractivity contribution in [2.75, 3.05) is 39.5 Å². The number of hydrogen-bond acceptors (Lipinski definition) is 4. The van der Waals surface area contributed by atoms with Gasteiger partial charge in [0.2, 0.25) is 0 Å². The van der Waals surface area contributed by atoms with Crippen LogP contribution in [0.5, 0.6) is 5.75 Å². The third-order valence-corrected chi connectivity index (χ3v) is 2.85. The molecule has 0 spiro atoms. The lowest BCUT2D eigenvalue weighted by Crippen LogP contribution is -2.35. The molecule has 0 radical (unpaired) electrons. The van der Waals surface area contributed by atoms with Crippen LogP contribution in [0.15, 0.2) is 24.3 Å². The molecule has 19 heavy (non-hydrogen) atoms. The first kappa shape index (κ1) is 18.5. The van der Waals surface area contributed by atoms with Crippen molar-refractivity contribution in [3.05, 3.63) is 29.8 Å². The predicted octanol–water partition coefficient (Wildman–Crippen LogP) is 1.70. The van der Waals surface area contributed by atoms with Crippen LogP contribution in [-0.2, 0) is 11.3 Å². The number of benzene rings is 1. The van der Waals surface area contributed by atoms with E-state index in [2.05, 4.69) is 11.0 Å². The summed E-state index contributed by atoms with van der Waals surface area (Å²) in [5.41, 5.74) is 6.68. The van der Waals surface area contributed by atoms with Gasteiger partial charge in [0.25, 0.3) is 0 Å². The molecule has 1 fully saturated rings. The van der Waals surface area contributed by atoms with E-state index in [1.54, 1.807) is 0 Å². The zero-order chi connectivity index (χ0) is 11.9. The summed E-state index contributed by atoms with van der Waals surface area (Å²) in [5, 5.41) is 0. The van der Waals surface area contributed by atoms with Crippen LogP contribution in [0, 0.1) is 0 Å². The maximum absolute atomic E-state index is 5.64. The maximum Gasteiger partial charge on any atom is 0.123 e. The van der Waals surface area contributed by atoms with Crippen LogP contribution in [0.3, 0.4) is 0 Å². The molecule has 2 N–H and O–H groups in total. The standard InChI is InChI=1S/C13H20N2O2.2ClH/c14-5-8-17-13-4-2-1-3-12(13)11-15-6-9-16-10-7-15;;/h1-4H,5-11,14H2;2*1H. The van der Waals surface area contributed by atoms with Gasteiger partial charge in [0.15, 0.2) is 0 Å². The fourth-order valence-corrected chi connectivity index (χ4v) is 1.94. The second-order valence-corrected chi connectivity index (χ2v) is 4.13. The second kappa shape index (κ2) is 10.3. The summed E-state index contributed by atoms with van der Waals surface area (Å²) in [6.45, 7) is 5.67. The van der Waals surface area contributed by atoms with Gasteiger partial charge in [-0.2, -0.15) is 0 Å². The SMILES string of the molecule is Cl.Cl.NCCOc1ccccc1CN1CCOCC1. The van der Waals surface area contributed by atoms with Crippen molar-refractivity contribution in [3.63, 3.8) is 0 Å². The average molecular weight is 309 g/mol. The van der Waals surface area contributed by atoms with Gasteiger partial charge in [0.05, 0.1) is 13.2 Å².